The van der Waals surface area contributed by atoms with E-state index in [-0.39, 0.29) is 46.7 Å². The molecule has 5 aromatic rings. The summed E-state index contributed by atoms with van der Waals surface area (Å²) in [6.07, 6.45) is 0.108. The van der Waals surface area contributed by atoms with E-state index in [0.29, 0.717) is 35.6 Å². The zero-order valence-electron chi connectivity index (χ0n) is 22.4. The Balaban J connectivity index is 1.39. The molecule has 0 spiro atoms. The van der Waals surface area contributed by atoms with Crippen LogP contribution in [0, 0.1) is 24.0 Å². The number of carboxylic acid groups (broad SMARTS) is 1. The first-order valence-electron chi connectivity index (χ1n) is 12.9. The van der Waals surface area contributed by atoms with E-state index in [1.807, 2.05) is 0 Å². The van der Waals surface area contributed by atoms with Gasteiger partial charge in [-0.05, 0) is 59.7 Å². The number of imidazole rings is 1. The van der Waals surface area contributed by atoms with E-state index in [2.05, 4.69) is 9.83 Å². The molecule has 1 heterocycles. The van der Waals surface area contributed by atoms with Crippen LogP contribution in [0.15, 0.2) is 72.8 Å². The van der Waals surface area contributed by atoms with Gasteiger partial charge in [0.2, 0.25) is 0 Å². The average Bonchev–Trinajstić information content (AvgIpc) is 3.33. The number of benzene rings is 4. The first-order chi connectivity index (χ1) is 20.3. The van der Waals surface area contributed by atoms with E-state index < -0.39 is 23.4 Å². The topological polar surface area (TPSA) is 77.9 Å². The minimum absolute atomic E-state index is 0.107. The van der Waals surface area contributed by atoms with E-state index in [0.717, 1.165) is 6.07 Å². The molecule has 7 nitrogen and oxygen atoms in total. The molecule has 0 unspecified atom stereocenters. The summed E-state index contributed by atoms with van der Waals surface area (Å²) in [4.78, 5) is 19.3. The van der Waals surface area contributed by atoms with Crippen molar-refractivity contribution in [2.45, 2.75) is 19.6 Å². The van der Waals surface area contributed by atoms with Crippen LogP contribution in [0.25, 0.3) is 27.0 Å². The van der Waals surface area contributed by atoms with E-state index in [9.17, 15) is 18.7 Å². The summed E-state index contributed by atoms with van der Waals surface area (Å²) in [5.41, 5.74) is 2.40. The number of ether oxygens (including phenoxy) is 2. The number of hydrogen-bond donors (Lipinski definition) is 1. The summed E-state index contributed by atoms with van der Waals surface area (Å²) >= 11 is 0. The number of hydrogen-bond acceptors (Lipinski definition) is 4. The minimum Gasteiger partial charge on any atom is -0.489 e. The van der Waals surface area contributed by atoms with E-state index in [1.165, 1.54) is 48.5 Å². The fourth-order valence-corrected chi connectivity index (χ4v) is 4.60. The molecule has 10 heteroatoms. The molecule has 212 valence electrons. The molecule has 0 saturated heterocycles. The third kappa shape index (κ3) is 5.96. The van der Waals surface area contributed by atoms with Crippen molar-refractivity contribution in [3.05, 3.63) is 124 Å². The molecule has 0 atom stereocenters. The molecular weight excluding hydrogens is 547 g/mol. The Labute approximate surface area is 239 Å². The van der Waals surface area contributed by atoms with Crippen molar-refractivity contribution in [1.29, 1.82) is 0 Å². The lowest BCUT2D eigenvalue weighted by Gasteiger charge is -2.12. The minimum atomic E-state index is -1.07. The fraction of sp³-hybridized carbons (Fsp3) is 0.156. The predicted molar refractivity (Wildman–Crippen MR) is 150 cm³/mol. The van der Waals surface area contributed by atoms with E-state index in [4.69, 9.17) is 16.0 Å². The normalized spacial score (nSPS) is 11.0. The maximum Gasteiger partial charge on any atom is 0.335 e. The number of fused-ring (bicyclic) bond motifs is 1. The Hall–Kier alpha value is -5.14. The molecule has 0 radical (unpaired) electrons. The standard InChI is InChI=1S/C32H24F3N3O4/c1-36-23-7-5-22(28(35)16-23)18-42-24-8-9-26(33)25(17-24)19-3-4-20(27(34)13-19)15-31-37-29-10-6-21(32(39)40)14-30(29)38(31)11-12-41-2/h3-10,13-14,16-17H,11-12,15,18H2,2H3,(H,39,40). The Bertz CT molecular complexity index is 1850. The summed E-state index contributed by atoms with van der Waals surface area (Å²) in [6, 6.07) is 17.0. The van der Waals surface area contributed by atoms with Crippen LogP contribution in [-0.2, 0) is 24.3 Å². The van der Waals surface area contributed by atoms with Crippen molar-refractivity contribution in [2.24, 2.45) is 0 Å². The van der Waals surface area contributed by atoms with Gasteiger partial charge < -0.3 is 19.1 Å². The second kappa shape index (κ2) is 12.2. The molecule has 42 heavy (non-hydrogen) atoms. The van der Waals surface area contributed by atoms with Gasteiger partial charge in [0.05, 0.1) is 29.8 Å². The largest absolute Gasteiger partial charge is 0.489 e. The van der Waals surface area contributed by atoms with Gasteiger partial charge in [0.15, 0.2) is 5.69 Å². The third-order valence-corrected chi connectivity index (χ3v) is 6.80. The van der Waals surface area contributed by atoms with E-state index in [1.54, 1.807) is 29.9 Å². The lowest BCUT2D eigenvalue weighted by Crippen LogP contribution is -2.10. The molecule has 0 aliphatic heterocycles. The molecule has 0 bridgehead atoms. The Morgan fingerprint density at radius 2 is 1.74 bits per heavy atom. The van der Waals surface area contributed by atoms with Gasteiger partial charge in [-0.15, -0.1) is 0 Å². The summed E-state index contributed by atoms with van der Waals surface area (Å²) in [7, 11) is 1.55. The van der Waals surface area contributed by atoms with Crippen molar-refractivity contribution < 1.29 is 32.5 Å². The van der Waals surface area contributed by atoms with Crippen LogP contribution in [0.2, 0.25) is 0 Å². The second-order valence-electron chi connectivity index (χ2n) is 9.48. The van der Waals surface area contributed by atoms with Crippen molar-refractivity contribution >= 4 is 22.7 Å². The number of aromatic nitrogens is 2. The second-order valence-corrected chi connectivity index (χ2v) is 9.48. The van der Waals surface area contributed by atoms with Crippen LogP contribution in [0.1, 0.15) is 27.3 Å². The monoisotopic (exact) mass is 571 g/mol. The molecule has 1 aromatic heterocycles. The van der Waals surface area contributed by atoms with Crippen molar-refractivity contribution in [3.8, 4) is 16.9 Å². The van der Waals surface area contributed by atoms with Crippen molar-refractivity contribution in [3.63, 3.8) is 0 Å². The smallest absolute Gasteiger partial charge is 0.335 e. The summed E-state index contributed by atoms with van der Waals surface area (Å²) in [5.74, 6) is -2.02. The zero-order chi connectivity index (χ0) is 29.8. The third-order valence-electron chi connectivity index (χ3n) is 6.80. The lowest BCUT2D eigenvalue weighted by molar-refractivity contribution is 0.0697. The van der Waals surface area contributed by atoms with Gasteiger partial charge >= 0.3 is 5.97 Å². The Kier molecular flexibility index (Phi) is 8.22. The highest BCUT2D eigenvalue weighted by molar-refractivity contribution is 5.92. The van der Waals surface area contributed by atoms with Crippen LogP contribution in [-0.4, -0.2) is 34.3 Å². The maximum atomic E-state index is 15.4. The quantitative estimate of drug-likeness (QED) is 0.180. The van der Waals surface area contributed by atoms with Gasteiger partial charge in [-0.1, -0.05) is 24.3 Å². The van der Waals surface area contributed by atoms with Crippen molar-refractivity contribution in [1.82, 2.24) is 9.55 Å². The molecule has 1 N–H and O–H groups in total. The number of aromatic carboxylic acids is 1. The fourth-order valence-electron chi connectivity index (χ4n) is 4.60. The number of carboxylic acids is 1. The Morgan fingerprint density at radius 1 is 0.952 bits per heavy atom. The van der Waals surface area contributed by atoms with Crippen LogP contribution in [0.4, 0.5) is 18.9 Å². The first-order valence-corrected chi connectivity index (χ1v) is 12.9. The highest BCUT2D eigenvalue weighted by atomic mass is 19.1. The lowest BCUT2D eigenvalue weighted by atomic mass is 10.0. The molecule has 4 aromatic carbocycles. The van der Waals surface area contributed by atoms with Crippen LogP contribution in [0.3, 0.4) is 0 Å². The van der Waals surface area contributed by atoms with E-state index >= 15 is 4.39 Å². The predicted octanol–water partition coefficient (Wildman–Crippen LogP) is 7.19. The summed E-state index contributed by atoms with van der Waals surface area (Å²) in [6.45, 7) is 7.56. The van der Waals surface area contributed by atoms with Crippen molar-refractivity contribution in [2.75, 3.05) is 13.7 Å². The highest BCUT2D eigenvalue weighted by Crippen LogP contribution is 2.30. The Morgan fingerprint density at radius 3 is 2.45 bits per heavy atom. The molecule has 0 saturated carbocycles. The number of carbonyl (C=O) groups is 1. The molecule has 5 rings (SSSR count). The average molecular weight is 572 g/mol. The number of rotatable bonds is 10. The number of methoxy groups -OCH3 is 1. The molecule has 0 aliphatic rings. The molecule has 0 fully saturated rings. The molecule has 0 aliphatic carbocycles. The molecular formula is C32H24F3N3O4. The van der Waals surface area contributed by atoms with Crippen LogP contribution >= 0.6 is 0 Å². The van der Waals surface area contributed by atoms with Gasteiger partial charge in [0.25, 0.3) is 0 Å². The maximum absolute atomic E-state index is 15.4. The zero-order valence-corrected chi connectivity index (χ0v) is 22.4. The molecule has 0 amide bonds. The first kappa shape index (κ1) is 28.4. The van der Waals surface area contributed by atoms with Crippen LogP contribution < -0.4 is 4.74 Å². The summed E-state index contributed by atoms with van der Waals surface area (Å²) in [5, 5.41) is 9.39. The summed E-state index contributed by atoms with van der Waals surface area (Å²) < 4.78 is 57.1. The van der Waals surface area contributed by atoms with Gasteiger partial charge in [0, 0.05) is 31.2 Å². The number of halogens is 3. The SMILES string of the molecule is [C-]#[N+]c1ccc(COc2ccc(F)c(-c3ccc(Cc4nc5ccc(C(=O)O)cc5n4CCOC)c(F)c3)c2)c(F)c1. The van der Waals surface area contributed by atoms with Gasteiger partial charge in [-0.2, -0.15) is 0 Å². The van der Waals surface area contributed by atoms with Gasteiger partial charge in [-0.3, -0.25) is 0 Å². The number of nitrogens with zero attached hydrogens (tertiary/aromatic N) is 3. The van der Waals surface area contributed by atoms with Gasteiger partial charge in [-0.25, -0.2) is 27.8 Å². The van der Waals surface area contributed by atoms with Gasteiger partial charge in [0.1, 0.15) is 35.6 Å². The highest BCUT2D eigenvalue weighted by Gasteiger charge is 2.17. The van der Waals surface area contributed by atoms with Crippen LogP contribution in [0.5, 0.6) is 5.75 Å².